The van der Waals surface area contributed by atoms with E-state index in [1.807, 2.05) is 28.8 Å². The van der Waals surface area contributed by atoms with Gasteiger partial charge in [-0.3, -0.25) is 4.40 Å². The number of aliphatic hydroxyl groups is 1. The lowest BCUT2D eigenvalue weighted by atomic mass is 9.99. The van der Waals surface area contributed by atoms with Crippen molar-refractivity contribution in [3.63, 3.8) is 0 Å². The van der Waals surface area contributed by atoms with E-state index in [2.05, 4.69) is 20.6 Å². The number of aromatic nitrogens is 3. The number of hydrogen-bond donors (Lipinski definition) is 3. The first kappa shape index (κ1) is 18.6. The zero-order chi connectivity index (χ0) is 19.9. The van der Waals surface area contributed by atoms with Crippen LogP contribution in [0.3, 0.4) is 0 Å². The van der Waals surface area contributed by atoms with Crippen LogP contribution >= 0.6 is 0 Å². The van der Waals surface area contributed by atoms with Gasteiger partial charge in [0.15, 0.2) is 0 Å². The third-order valence-electron chi connectivity index (χ3n) is 4.97. The molecule has 0 unspecified atom stereocenters. The maximum absolute atomic E-state index is 13.9. The van der Waals surface area contributed by atoms with Crippen LogP contribution in [0.1, 0.15) is 19.4 Å². The van der Waals surface area contributed by atoms with Crippen molar-refractivity contribution in [1.29, 1.82) is 0 Å². The first-order valence-corrected chi connectivity index (χ1v) is 9.23. The summed E-state index contributed by atoms with van der Waals surface area (Å²) in [5, 5.41) is 16.7. The molecule has 3 N–H and O–H groups in total. The normalized spacial score (nSPS) is 19.9. The molecule has 3 aromatic heterocycles. The van der Waals surface area contributed by atoms with Crippen LogP contribution in [0.4, 0.5) is 10.2 Å². The predicted octanol–water partition coefficient (Wildman–Crippen LogP) is 2.35. The first-order chi connectivity index (χ1) is 13.4. The number of rotatable bonds is 5. The largest absolute Gasteiger partial charge is 0.496 e. The molecule has 28 heavy (non-hydrogen) atoms. The Morgan fingerprint density at radius 3 is 2.86 bits per heavy atom. The van der Waals surface area contributed by atoms with Crippen molar-refractivity contribution in [2.24, 2.45) is 0 Å². The van der Waals surface area contributed by atoms with Crippen molar-refractivity contribution in [2.75, 3.05) is 25.5 Å². The van der Waals surface area contributed by atoms with E-state index >= 15 is 0 Å². The van der Waals surface area contributed by atoms with Gasteiger partial charge in [-0.25, -0.2) is 14.4 Å². The lowest BCUT2D eigenvalue weighted by Gasteiger charge is -2.21. The van der Waals surface area contributed by atoms with Crippen LogP contribution in [-0.4, -0.2) is 51.9 Å². The summed E-state index contributed by atoms with van der Waals surface area (Å²) in [5.41, 5.74) is 1.72. The molecule has 0 bridgehead atoms. The van der Waals surface area contributed by atoms with Crippen molar-refractivity contribution < 1.29 is 14.2 Å². The number of imidazole rings is 1. The SMILES string of the molecule is COc1cc2ncc(-c3cccc(N[C@@H]4CNC[C@H]4F)n3)n2cc1C(C)(C)O. The second-order valence-corrected chi connectivity index (χ2v) is 7.52. The Bertz CT molecular complexity index is 998. The van der Waals surface area contributed by atoms with Gasteiger partial charge in [-0.15, -0.1) is 0 Å². The van der Waals surface area contributed by atoms with Gasteiger partial charge in [-0.1, -0.05) is 6.07 Å². The summed E-state index contributed by atoms with van der Waals surface area (Å²) in [5.74, 6) is 1.18. The number of anilines is 1. The van der Waals surface area contributed by atoms with Gasteiger partial charge in [0.05, 0.1) is 36.3 Å². The molecule has 4 rings (SSSR count). The van der Waals surface area contributed by atoms with Crippen LogP contribution in [0, 0.1) is 0 Å². The predicted molar refractivity (Wildman–Crippen MR) is 105 cm³/mol. The minimum atomic E-state index is -1.08. The minimum Gasteiger partial charge on any atom is -0.496 e. The molecule has 0 saturated carbocycles. The average molecular weight is 385 g/mol. The summed E-state index contributed by atoms with van der Waals surface area (Å²) in [6, 6.07) is 7.07. The van der Waals surface area contributed by atoms with E-state index in [0.717, 1.165) is 5.69 Å². The molecule has 0 amide bonds. The molecule has 1 aliphatic rings. The average Bonchev–Trinajstić information content (AvgIpc) is 3.26. The molecule has 7 nitrogen and oxygen atoms in total. The standard InChI is InChI=1S/C20H24FN5O2/c1-20(2,27)12-11-26-16(10-23-19(26)7-17(12)28-3)14-5-4-6-18(24-14)25-15-9-22-8-13(15)21/h4-7,10-11,13,15,22,27H,8-9H2,1-3H3,(H,24,25)/t13-,15-/m1/s1. The Labute approximate surface area is 162 Å². The van der Waals surface area contributed by atoms with Gasteiger partial charge in [0.25, 0.3) is 0 Å². The number of hydrogen-bond acceptors (Lipinski definition) is 6. The van der Waals surface area contributed by atoms with E-state index in [1.54, 1.807) is 33.2 Å². The number of nitrogens with one attached hydrogen (secondary N) is 2. The van der Waals surface area contributed by atoms with E-state index in [4.69, 9.17) is 4.74 Å². The van der Waals surface area contributed by atoms with Gasteiger partial charge in [0, 0.05) is 30.9 Å². The smallest absolute Gasteiger partial charge is 0.140 e. The Hall–Kier alpha value is -2.71. The molecule has 0 spiro atoms. The second-order valence-electron chi connectivity index (χ2n) is 7.52. The summed E-state index contributed by atoms with van der Waals surface area (Å²) in [6.07, 6.45) is 2.60. The zero-order valence-corrected chi connectivity index (χ0v) is 16.1. The molecule has 0 aromatic carbocycles. The van der Waals surface area contributed by atoms with Crippen LogP contribution in [0.15, 0.2) is 36.7 Å². The van der Waals surface area contributed by atoms with E-state index in [0.29, 0.717) is 41.6 Å². The number of alkyl halides is 1. The van der Waals surface area contributed by atoms with Gasteiger partial charge in [-0.05, 0) is 26.0 Å². The molecule has 148 valence electrons. The van der Waals surface area contributed by atoms with Crippen LogP contribution in [-0.2, 0) is 5.60 Å². The van der Waals surface area contributed by atoms with Crippen molar-refractivity contribution in [3.05, 3.63) is 42.2 Å². The topological polar surface area (TPSA) is 83.7 Å². The van der Waals surface area contributed by atoms with Crippen molar-refractivity contribution >= 4 is 11.5 Å². The summed E-state index contributed by atoms with van der Waals surface area (Å²) >= 11 is 0. The maximum Gasteiger partial charge on any atom is 0.140 e. The van der Waals surface area contributed by atoms with E-state index < -0.39 is 11.8 Å². The quantitative estimate of drug-likeness (QED) is 0.625. The molecular formula is C20H24FN5O2. The highest BCUT2D eigenvalue weighted by atomic mass is 19.1. The molecule has 3 aromatic rings. The highest BCUT2D eigenvalue weighted by molar-refractivity contribution is 5.64. The first-order valence-electron chi connectivity index (χ1n) is 9.23. The van der Waals surface area contributed by atoms with Gasteiger partial charge < -0.3 is 20.5 Å². The Morgan fingerprint density at radius 2 is 2.18 bits per heavy atom. The maximum atomic E-state index is 13.9. The Morgan fingerprint density at radius 1 is 1.36 bits per heavy atom. The fraction of sp³-hybridized carbons (Fsp3) is 0.400. The van der Waals surface area contributed by atoms with Crippen molar-refractivity contribution in [1.82, 2.24) is 19.7 Å². The number of pyridine rings is 2. The number of fused-ring (bicyclic) bond motifs is 1. The van der Waals surface area contributed by atoms with Crippen LogP contribution < -0.4 is 15.4 Å². The highest BCUT2D eigenvalue weighted by Gasteiger charge is 2.27. The lowest BCUT2D eigenvalue weighted by molar-refractivity contribution is 0.0752. The number of halogens is 1. The number of ether oxygens (including phenoxy) is 1. The van der Waals surface area contributed by atoms with Gasteiger partial charge in [-0.2, -0.15) is 0 Å². The molecular weight excluding hydrogens is 361 g/mol. The van der Waals surface area contributed by atoms with Gasteiger partial charge in [0.2, 0.25) is 0 Å². The zero-order valence-electron chi connectivity index (χ0n) is 16.1. The van der Waals surface area contributed by atoms with E-state index in [1.165, 1.54) is 0 Å². The monoisotopic (exact) mass is 385 g/mol. The third-order valence-corrected chi connectivity index (χ3v) is 4.97. The lowest BCUT2D eigenvalue weighted by Crippen LogP contribution is -2.29. The minimum absolute atomic E-state index is 0.295. The van der Waals surface area contributed by atoms with E-state index in [9.17, 15) is 9.50 Å². The molecule has 0 aliphatic carbocycles. The second kappa shape index (κ2) is 7.03. The summed E-state index contributed by atoms with van der Waals surface area (Å²) < 4.78 is 21.2. The van der Waals surface area contributed by atoms with Crippen LogP contribution in [0.25, 0.3) is 17.0 Å². The summed E-state index contributed by atoms with van der Waals surface area (Å²) in [6.45, 7) is 4.34. The number of nitrogens with zero attached hydrogens (tertiary/aromatic N) is 3. The van der Waals surface area contributed by atoms with Crippen molar-refractivity contribution in [3.8, 4) is 17.1 Å². The van der Waals surface area contributed by atoms with Crippen LogP contribution in [0.2, 0.25) is 0 Å². The molecule has 0 radical (unpaired) electrons. The van der Waals surface area contributed by atoms with Crippen LogP contribution in [0.5, 0.6) is 5.75 Å². The molecule has 8 heteroatoms. The summed E-state index contributed by atoms with van der Waals surface area (Å²) in [4.78, 5) is 9.08. The van der Waals surface area contributed by atoms with Crippen molar-refractivity contribution in [2.45, 2.75) is 31.7 Å². The Kier molecular flexibility index (Phi) is 4.68. The molecule has 1 aliphatic heterocycles. The Balaban J connectivity index is 1.74. The fourth-order valence-electron chi connectivity index (χ4n) is 3.46. The number of methoxy groups -OCH3 is 1. The third kappa shape index (κ3) is 3.41. The molecule has 4 heterocycles. The van der Waals surface area contributed by atoms with Gasteiger partial charge >= 0.3 is 0 Å². The van der Waals surface area contributed by atoms with E-state index in [-0.39, 0.29) is 6.04 Å². The molecule has 1 saturated heterocycles. The summed E-state index contributed by atoms with van der Waals surface area (Å²) in [7, 11) is 1.57. The molecule has 2 atom stereocenters. The molecule has 1 fully saturated rings. The van der Waals surface area contributed by atoms with Gasteiger partial charge in [0.1, 0.15) is 23.4 Å². The fourth-order valence-corrected chi connectivity index (χ4v) is 3.46. The highest BCUT2D eigenvalue weighted by Crippen LogP contribution is 2.32.